The van der Waals surface area contributed by atoms with Crippen molar-refractivity contribution in [2.45, 2.75) is 106 Å². The van der Waals surface area contributed by atoms with E-state index >= 15 is 0 Å². The van der Waals surface area contributed by atoms with E-state index in [0.29, 0.717) is 43.4 Å². The molecule has 3 heterocycles. The molecule has 1 atom stereocenters. The molecule has 1 N–H and O–H groups in total. The van der Waals surface area contributed by atoms with Crippen LogP contribution in [-0.4, -0.2) is 73.1 Å². The first kappa shape index (κ1) is 35.2. The number of hydrogen-bond acceptors (Lipinski definition) is 7. The largest absolute Gasteiger partial charge is 0.453 e. The highest BCUT2D eigenvalue weighted by Crippen LogP contribution is 2.40. The van der Waals surface area contributed by atoms with Gasteiger partial charge in [-0.15, -0.1) is 0 Å². The van der Waals surface area contributed by atoms with E-state index in [9.17, 15) is 35.2 Å². The SMILES string of the molecule is CC.O=C(NOC1CCCCO1)C1(S(=O)(=O)c2ccc(-c3ccc(CCC(F)(F)C(F)(F)F)cn3)cc2)CCN(C2CC2)CC1. The average molecular weight is 662 g/mol. The Morgan fingerprint density at radius 2 is 1.69 bits per heavy atom. The number of nitrogens with zero attached hydrogens (tertiary/aromatic N) is 2. The third-order valence-corrected chi connectivity index (χ3v) is 11.0. The Kier molecular flexibility index (Phi) is 11.3. The van der Waals surface area contributed by atoms with Crippen molar-refractivity contribution in [3.63, 3.8) is 0 Å². The number of likely N-dealkylation sites (tertiary alicyclic amines) is 1. The lowest BCUT2D eigenvalue weighted by molar-refractivity contribution is -0.284. The Morgan fingerprint density at radius 1 is 1.02 bits per heavy atom. The lowest BCUT2D eigenvalue weighted by Gasteiger charge is -2.40. The molecule has 3 fully saturated rings. The Bertz CT molecular complexity index is 1370. The van der Waals surface area contributed by atoms with Gasteiger partial charge in [0.2, 0.25) is 0 Å². The number of rotatable bonds is 10. The van der Waals surface area contributed by atoms with Crippen LogP contribution in [0.25, 0.3) is 11.3 Å². The highest BCUT2D eigenvalue weighted by molar-refractivity contribution is 7.93. The van der Waals surface area contributed by atoms with E-state index in [2.05, 4.69) is 15.4 Å². The van der Waals surface area contributed by atoms with Crippen LogP contribution < -0.4 is 5.48 Å². The quantitative estimate of drug-likeness (QED) is 0.238. The Labute approximate surface area is 260 Å². The first-order valence-corrected chi connectivity index (χ1v) is 16.9. The van der Waals surface area contributed by atoms with Gasteiger partial charge < -0.3 is 9.64 Å². The normalized spacial score (nSPS) is 21.0. The molecule has 0 bridgehead atoms. The van der Waals surface area contributed by atoms with Gasteiger partial charge in [-0.1, -0.05) is 32.0 Å². The zero-order valence-corrected chi connectivity index (χ0v) is 26.2. The average Bonchev–Trinajstić information content (AvgIpc) is 3.90. The number of carbonyl (C=O) groups excluding carboxylic acids is 1. The summed E-state index contributed by atoms with van der Waals surface area (Å²) in [6, 6.07) is 9.11. The number of hydrogen-bond donors (Lipinski definition) is 1. The van der Waals surface area contributed by atoms with Crippen molar-refractivity contribution in [2.24, 2.45) is 0 Å². The summed E-state index contributed by atoms with van der Waals surface area (Å²) in [5.74, 6) is -5.53. The molecule has 250 valence electrons. The van der Waals surface area contributed by atoms with E-state index in [0.717, 1.165) is 25.7 Å². The second-order valence-electron chi connectivity index (χ2n) is 11.4. The second-order valence-corrected chi connectivity index (χ2v) is 13.6. The molecule has 14 heteroatoms. The number of piperidine rings is 1. The number of ether oxygens (including phenoxy) is 1. The molecular weight excluding hydrogens is 621 g/mol. The summed E-state index contributed by atoms with van der Waals surface area (Å²) >= 11 is 0. The van der Waals surface area contributed by atoms with Crippen LogP contribution in [-0.2, 0) is 30.6 Å². The second kappa shape index (κ2) is 14.4. The molecule has 45 heavy (non-hydrogen) atoms. The summed E-state index contributed by atoms with van der Waals surface area (Å²) in [5, 5.41) is 0. The van der Waals surface area contributed by atoms with Crippen LogP contribution in [0.3, 0.4) is 0 Å². The molecule has 1 aliphatic carbocycles. The molecule has 2 saturated heterocycles. The van der Waals surface area contributed by atoms with Crippen LogP contribution in [0.5, 0.6) is 0 Å². The van der Waals surface area contributed by atoms with Crippen LogP contribution in [0.4, 0.5) is 22.0 Å². The van der Waals surface area contributed by atoms with Crippen LogP contribution in [0, 0.1) is 0 Å². The molecule has 3 aliphatic rings. The molecule has 5 rings (SSSR count). The van der Waals surface area contributed by atoms with Gasteiger partial charge in [0.15, 0.2) is 20.9 Å². The standard InChI is InChI=1S/C29H34F5N3O5S.C2H6/c30-28(31,29(32,33)34)13-12-20-4-11-24(35-19-20)21-5-9-23(10-6-21)43(39,40)27(14-16-37(17-15-27)22-7-8-22)26(38)36-42-25-3-1-2-18-41-25;1-2/h4-6,9-11,19,22,25H,1-3,7-8,12-18H2,(H,36,38);1-2H3. The van der Waals surface area contributed by atoms with Crippen molar-refractivity contribution in [1.82, 2.24) is 15.4 Å². The fraction of sp³-hybridized carbons (Fsp3) is 0.613. The number of amides is 1. The predicted molar refractivity (Wildman–Crippen MR) is 157 cm³/mol. The summed E-state index contributed by atoms with van der Waals surface area (Å²) in [6.07, 6.45) is -2.27. The number of alkyl halides is 5. The highest BCUT2D eigenvalue weighted by Gasteiger charge is 2.57. The maximum atomic E-state index is 14.1. The minimum Gasteiger partial charge on any atom is -0.350 e. The topological polar surface area (TPSA) is 97.8 Å². The lowest BCUT2D eigenvalue weighted by atomic mass is 9.94. The van der Waals surface area contributed by atoms with Gasteiger partial charge in [-0.25, -0.2) is 18.7 Å². The predicted octanol–water partition coefficient (Wildman–Crippen LogP) is 6.25. The number of aromatic nitrogens is 1. The van der Waals surface area contributed by atoms with Crippen LogP contribution in [0.1, 0.15) is 70.8 Å². The van der Waals surface area contributed by atoms with Crippen molar-refractivity contribution in [1.29, 1.82) is 0 Å². The van der Waals surface area contributed by atoms with Gasteiger partial charge in [0, 0.05) is 50.3 Å². The van der Waals surface area contributed by atoms with Crippen molar-refractivity contribution in [3.8, 4) is 11.3 Å². The van der Waals surface area contributed by atoms with Gasteiger partial charge in [0.25, 0.3) is 5.91 Å². The first-order valence-electron chi connectivity index (χ1n) is 15.4. The lowest BCUT2D eigenvalue weighted by Crippen LogP contribution is -2.58. The Hall–Kier alpha value is -2.68. The van der Waals surface area contributed by atoms with Crippen LogP contribution in [0.2, 0.25) is 0 Å². The molecule has 0 radical (unpaired) electrons. The van der Waals surface area contributed by atoms with E-state index in [1.165, 1.54) is 42.6 Å². The van der Waals surface area contributed by atoms with E-state index in [1.807, 2.05) is 13.8 Å². The third-order valence-electron chi connectivity index (χ3n) is 8.45. The molecule has 2 aromatic rings. The summed E-state index contributed by atoms with van der Waals surface area (Å²) in [6.45, 7) is 5.42. The molecule has 8 nitrogen and oxygen atoms in total. The van der Waals surface area contributed by atoms with Gasteiger partial charge in [-0.3, -0.25) is 9.78 Å². The smallest absolute Gasteiger partial charge is 0.350 e. The molecule has 1 amide bonds. The van der Waals surface area contributed by atoms with E-state index < -0.39 is 51.7 Å². The zero-order valence-electron chi connectivity index (χ0n) is 25.4. The first-order chi connectivity index (χ1) is 21.3. The zero-order chi connectivity index (χ0) is 32.9. The summed E-state index contributed by atoms with van der Waals surface area (Å²) in [5.41, 5.74) is 3.48. The minimum absolute atomic E-state index is 0.0498. The molecule has 0 spiro atoms. The fourth-order valence-corrected chi connectivity index (χ4v) is 7.49. The van der Waals surface area contributed by atoms with E-state index in [1.54, 1.807) is 0 Å². The van der Waals surface area contributed by atoms with E-state index in [4.69, 9.17) is 9.57 Å². The minimum atomic E-state index is -5.62. The molecular formula is C31H40F5N3O5S. The van der Waals surface area contributed by atoms with Crippen molar-refractivity contribution in [3.05, 3.63) is 48.2 Å². The van der Waals surface area contributed by atoms with Crippen LogP contribution in [0.15, 0.2) is 47.5 Å². The number of benzene rings is 1. The van der Waals surface area contributed by atoms with Crippen molar-refractivity contribution >= 4 is 15.7 Å². The van der Waals surface area contributed by atoms with E-state index in [-0.39, 0.29) is 23.3 Å². The maximum Gasteiger partial charge on any atom is 0.453 e. The van der Waals surface area contributed by atoms with Crippen molar-refractivity contribution in [2.75, 3.05) is 19.7 Å². The number of hydroxylamine groups is 1. The van der Waals surface area contributed by atoms with Gasteiger partial charge in [-0.2, -0.15) is 22.0 Å². The van der Waals surface area contributed by atoms with Gasteiger partial charge in [0.1, 0.15) is 0 Å². The molecule has 2 aliphatic heterocycles. The number of aryl methyl sites for hydroxylation is 1. The third kappa shape index (κ3) is 8.01. The Morgan fingerprint density at radius 3 is 2.22 bits per heavy atom. The van der Waals surface area contributed by atoms with Crippen LogP contribution >= 0.6 is 0 Å². The number of pyridine rings is 1. The van der Waals surface area contributed by atoms with Gasteiger partial charge in [-0.05, 0) is 68.7 Å². The number of sulfone groups is 1. The molecule has 1 unspecified atom stereocenters. The summed E-state index contributed by atoms with van der Waals surface area (Å²) in [4.78, 5) is 25.4. The summed E-state index contributed by atoms with van der Waals surface area (Å²) in [7, 11) is -4.19. The van der Waals surface area contributed by atoms with Gasteiger partial charge in [0.05, 0.1) is 10.6 Å². The Balaban J connectivity index is 0.00000226. The summed E-state index contributed by atoms with van der Waals surface area (Å²) < 4.78 is 95.8. The monoisotopic (exact) mass is 661 g/mol. The number of carbonyl (C=O) groups is 1. The highest BCUT2D eigenvalue weighted by atomic mass is 32.2. The van der Waals surface area contributed by atoms with Crippen molar-refractivity contribution < 1.29 is 44.7 Å². The maximum absolute atomic E-state index is 14.1. The number of nitrogens with one attached hydrogen (secondary N) is 1. The number of halogens is 5. The fourth-order valence-electron chi connectivity index (χ4n) is 5.54. The molecule has 1 aromatic heterocycles. The molecule has 1 saturated carbocycles. The van der Waals surface area contributed by atoms with Gasteiger partial charge >= 0.3 is 12.1 Å². The molecule has 1 aromatic carbocycles.